The summed E-state index contributed by atoms with van der Waals surface area (Å²) in [5.41, 5.74) is -8.10. The van der Waals surface area contributed by atoms with Crippen LogP contribution in [0.5, 0.6) is 0 Å². The standard InChI is InChI=1S/C22H20F7IN2O4S/c1-3-37(35,36)10-11(2)31-19(34)17-13(5-4-6-15(17)30)18(33)32-16-8-7-12(9-14(16)23)21(26,20(24)25)22(27,28)29/h4-9,11,20H,3,10H2,1-2H3,(H,31,34)(H,32,33)/t11-,21?/m0/s1. The highest BCUT2D eigenvalue weighted by Crippen LogP contribution is 2.47. The Hall–Kier alpha value is -2.43. The number of halogens is 8. The van der Waals surface area contributed by atoms with Gasteiger partial charge in [-0.15, -0.1) is 0 Å². The molecule has 2 atom stereocenters. The van der Waals surface area contributed by atoms with Crippen LogP contribution < -0.4 is 10.6 Å². The molecule has 0 aliphatic rings. The minimum absolute atomic E-state index is 0.104. The normalized spacial score (nSPS) is 14.7. The summed E-state index contributed by atoms with van der Waals surface area (Å²) in [7, 11) is -3.44. The second kappa shape index (κ2) is 11.5. The molecule has 2 rings (SSSR count). The van der Waals surface area contributed by atoms with E-state index < -0.39 is 63.0 Å². The molecule has 0 heterocycles. The number of nitrogens with one attached hydrogen (secondary N) is 2. The number of amides is 2. The minimum Gasteiger partial charge on any atom is -0.349 e. The van der Waals surface area contributed by atoms with E-state index in [9.17, 15) is 48.7 Å². The minimum atomic E-state index is -6.05. The second-order valence-corrected chi connectivity index (χ2v) is 11.5. The molecule has 204 valence electrons. The number of hydrogen-bond donors (Lipinski definition) is 2. The van der Waals surface area contributed by atoms with Crippen molar-refractivity contribution >= 4 is 49.9 Å². The van der Waals surface area contributed by atoms with Crippen molar-refractivity contribution in [2.75, 3.05) is 16.8 Å². The Balaban J connectivity index is 2.36. The Kier molecular flexibility index (Phi) is 9.60. The van der Waals surface area contributed by atoms with Crippen LogP contribution >= 0.6 is 22.6 Å². The third-order valence-corrected chi connectivity index (χ3v) is 7.94. The fraction of sp³-hybridized carbons (Fsp3) is 0.364. The molecule has 0 radical (unpaired) electrons. The van der Waals surface area contributed by atoms with E-state index in [-0.39, 0.29) is 38.3 Å². The molecule has 0 aliphatic carbocycles. The molecular formula is C22H20F7IN2O4S. The van der Waals surface area contributed by atoms with Crippen molar-refractivity contribution in [1.29, 1.82) is 0 Å². The summed E-state index contributed by atoms with van der Waals surface area (Å²) in [5.74, 6) is -4.08. The Bertz CT molecular complexity index is 1290. The zero-order valence-electron chi connectivity index (χ0n) is 19.1. The molecule has 0 aromatic heterocycles. The number of benzene rings is 2. The molecule has 2 amide bonds. The number of carbonyl (C=O) groups is 2. The summed E-state index contributed by atoms with van der Waals surface area (Å²) in [6, 6.07) is 3.82. The van der Waals surface area contributed by atoms with Crippen LogP contribution in [-0.2, 0) is 15.5 Å². The molecule has 1 unspecified atom stereocenters. The van der Waals surface area contributed by atoms with Gasteiger partial charge in [-0.05, 0) is 53.8 Å². The summed E-state index contributed by atoms with van der Waals surface area (Å²) < 4.78 is 117. The second-order valence-electron chi connectivity index (χ2n) is 7.89. The molecule has 2 aromatic rings. The summed E-state index contributed by atoms with van der Waals surface area (Å²) in [4.78, 5) is 25.6. The molecule has 2 aromatic carbocycles. The van der Waals surface area contributed by atoms with Crippen LogP contribution in [0.25, 0.3) is 0 Å². The fourth-order valence-corrected chi connectivity index (χ4v) is 5.05. The number of sulfone groups is 1. The van der Waals surface area contributed by atoms with Crippen LogP contribution in [0.2, 0.25) is 0 Å². The lowest BCUT2D eigenvalue weighted by Crippen LogP contribution is -2.44. The van der Waals surface area contributed by atoms with Crippen molar-refractivity contribution in [3.05, 3.63) is 62.5 Å². The van der Waals surface area contributed by atoms with Gasteiger partial charge in [0.1, 0.15) is 5.82 Å². The maximum absolute atomic E-state index is 14.5. The SMILES string of the molecule is CCS(=O)(=O)C[C@H](C)NC(=O)c1c(I)cccc1C(=O)Nc1ccc(C(F)(C(F)F)C(F)(F)F)cc1F. The van der Waals surface area contributed by atoms with E-state index in [1.54, 1.807) is 22.6 Å². The van der Waals surface area contributed by atoms with Crippen LogP contribution in [0.3, 0.4) is 0 Å². The third-order valence-electron chi connectivity index (χ3n) is 5.16. The smallest absolute Gasteiger partial charge is 0.349 e. The maximum Gasteiger partial charge on any atom is 0.432 e. The van der Waals surface area contributed by atoms with Crippen molar-refractivity contribution in [3.8, 4) is 0 Å². The molecule has 0 saturated heterocycles. The predicted octanol–water partition coefficient (Wildman–Crippen LogP) is 5.23. The van der Waals surface area contributed by atoms with Crippen molar-refractivity contribution in [3.63, 3.8) is 0 Å². The first-order valence-electron chi connectivity index (χ1n) is 10.4. The van der Waals surface area contributed by atoms with Gasteiger partial charge in [0.15, 0.2) is 9.84 Å². The Morgan fingerprint density at radius 2 is 1.68 bits per heavy atom. The van der Waals surface area contributed by atoms with Crippen LogP contribution in [0, 0.1) is 9.39 Å². The molecule has 0 saturated carbocycles. The topological polar surface area (TPSA) is 92.3 Å². The van der Waals surface area contributed by atoms with Gasteiger partial charge in [0.2, 0.25) is 0 Å². The number of rotatable bonds is 9. The molecule has 2 N–H and O–H groups in total. The zero-order valence-corrected chi connectivity index (χ0v) is 22.1. The van der Waals surface area contributed by atoms with E-state index in [1.165, 1.54) is 32.0 Å². The Labute approximate surface area is 221 Å². The third kappa shape index (κ3) is 6.91. The molecule has 6 nitrogen and oxygen atoms in total. The first-order valence-corrected chi connectivity index (χ1v) is 13.3. The van der Waals surface area contributed by atoms with Gasteiger partial charge in [-0.1, -0.05) is 19.1 Å². The van der Waals surface area contributed by atoms with Gasteiger partial charge >= 0.3 is 6.18 Å². The van der Waals surface area contributed by atoms with Gasteiger partial charge in [0, 0.05) is 20.9 Å². The molecular weight excluding hydrogens is 648 g/mol. The summed E-state index contributed by atoms with van der Waals surface area (Å²) in [6.45, 7) is 2.87. The molecule has 15 heteroatoms. The number of anilines is 1. The van der Waals surface area contributed by atoms with Crippen LogP contribution in [0.4, 0.5) is 36.4 Å². The van der Waals surface area contributed by atoms with Gasteiger partial charge in [-0.3, -0.25) is 9.59 Å². The average molecular weight is 668 g/mol. The summed E-state index contributed by atoms with van der Waals surface area (Å²) >= 11 is 1.73. The molecule has 0 spiro atoms. The zero-order chi connectivity index (χ0) is 28.3. The average Bonchev–Trinajstić information content (AvgIpc) is 2.78. The predicted molar refractivity (Wildman–Crippen MR) is 130 cm³/mol. The van der Waals surface area contributed by atoms with Crippen molar-refractivity contribution in [1.82, 2.24) is 5.32 Å². The first-order chi connectivity index (χ1) is 16.9. The lowest BCUT2D eigenvalue weighted by Gasteiger charge is -2.27. The molecule has 0 fully saturated rings. The van der Waals surface area contributed by atoms with E-state index in [1.807, 2.05) is 5.32 Å². The lowest BCUT2D eigenvalue weighted by atomic mass is 9.95. The highest BCUT2D eigenvalue weighted by molar-refractivity contribution is 14.1. The Morgan fingerprint density at radius 1 is 1.05 bits per heavy atom. The molecule has 0 aliphatic heterocycles. The van der Waals surface area contributed by atoms with Crippen molar-refractivity contribution in [2.45, 2.75) is 38.2 Å². The first kappa shape index (κ1) is 30.8. The van der Waals surface area contributed by atoms with E-state index in [2.05, 4.69) is 5.32 Å². The summed E-state index contributed by atoms with van der Waals surface area (Å²) in [6.07, 6.45) is -10.6. The number of carbonyl (C=O) groups excluding carboxylic acids is 2. The van der Waals surface area contributed by atoms with Gasteiger partial charge in [0.25, 0.3) is 23.9 Å². The van der Waals surface area contributed by atoms with E-state index in [4.69, 9.17) is 0 Å². The highest BCUT2D eigenvalue weighted by Gasteiger charge is 2.64. The van der Waals surface area contributed by atoms with E-state index in [0.717, 1.165) is 0 Å². The lowest BCUT2D eigenvalue weighted by molar-refractivity contribution is -0.274. The van der Waals surface area contributed by atoms with Gasteiger partial charge in [-0.25, -0.2) is 26.0 Å². The van der Waals surface area contributed by atoms with Crippen LogP contribution in [-0.4, -0.2) is 50.4 Å². The highest BCUT2D eigenvalue weighted by atomic mass is 127. The largest absolute Gasteiger partial charge is 0.432 e. The fourth-order valence-electron chi connectivity index (χ4n) is 3.23. The van der Waals surface area contributed by atoms with Crippen molar-refractivity contribution < 1.29 is 48.7 Å². The van der Waals surface area contributed by atoms with Crippen molar-refractivity contribution in [2.24, 2.45) is 0 Å². The van der Waals surface area contributed by atoms with E-state index in [0.29, 0.717) is 6.07 Å². The summed E-state index contributed by atoms with van der Waals surface area (Å²) in [5, 5.41) is 4.46. The van der Waals surface area contributed by atoms with Gasteiger partial charge in [0.05, 0.1) is 22.6 Å². The van der Waals surface area contributed by atoms with Crippen LogP contribution in [0.1, 0.15) is 40.1 Å². The molecule has 37 heavy (non-hydrogen) atoms. The van der Waals surface area contributed by atoms with Crippen LogP contribution in [0.15, 0.2) is 36.4 Å². The van der Waals surface area contributed by atoms with Gasteiger partial charge < -0.3 is 10.6 Å². The number of alkyl halides is 6. The maximum atomic E-state index is 14.5. The van der Waals surface area contributed by atoms with Gasteiger partial charge in [-0.2, -0.15) is 13.2 Å². The van der Waals surface area contributed by atoms with E-state index >= 15 is 0 Å². The molecule has 0 bridgehead atoms. The quantitative estimate of drug-likeness (QED) is 0.283. The Morgan fingerprint density at radius 3 is 2.19 bits per heavy atom. The number of hydrogen-bond acceptors (Lipinski definition) is 4. The monoisotopic (exact) mass is 668 g/mol.